The Balaban J connectivity index is 2.00. The summed E-state index contributed by atoms with van der Waals surface area (Å²) in [7, 11) is 4.11. The van der Waals surface area contributed by atoms with Gasteiger partial charge in [-0.25, -0.2) is 0 Å². The summed E-state index contributed by atoms with van der Waals surface area (Å²) in [5, 5.41) is 18.8. The molecule has 1 atom stereocenters. The maximum absolute atomic E-state index is 9.39. The molecule has 0 radical (unpaired) electrons. The minimum Gasteiger partial charge on any atom is -0.395 e. The fourth-order valence-electron chi connectivity index (χ4n) is 4.50. The fraction of sp³-hybridized carbons (Fsp3) is 0.379. The van der Waals surface area contributed by atoms with Crippen LogP contribution in [0.5, 0.6) is 0 Å². The van der Waals surface area contributed by atoms with E-state index in [2.05, 4.69) is 111 Å². The van der Waals surface area contributed by atoms with Crippen molar-refractivity contribution in [3.8, 4) is 0 Å². The second kappa shape index (κ2) is 12.4. The first kappa shape index (κ1) is 25.6. The summed E-state index contributed by atoms with van der Waals surface area (Å²) in [5.41, 5.74) is 7.14. The summed E-state index contributed by atoms with van der Waals surface area (Å²) in [5.74, 6) is 0.111. The molecule has 2 N–H and O–H groups in total. The SMILES string of the molecule is CCN(CC)c1ccc(C(c2ccc(N(C)C)cc2)c2ccc(N(CCO)CCO)cc2)cc1. The molecule has 5 heteroatoms. The van der Waals surface area contributed by atoms with E-state index in [1.165, 1.54) is 28.1 Å². The minimum atomic E-state index is 0.0570. The topological polar surface area (TPSA) is 50.2 Å². The lowest BCUT2D eigenvalue weighted by molar-refractivity contribution is 0.281. The van der Waals surface area contributed by atoms with Crippen LogP contribution in [0.15, 0.2) is 72.8 Å². The zero-order valence-electron chi connectivity index (χ0n) is 21.0. The van der Waals surface area contributed by atoms with E-state index in [4.69, 9.17) is 0 Å². The van der Waals surface area contributed by atoms with Crippen molar-refractivity contribution in [2.45, 2.75) is 19.8 Å². The molecule has 182 valence electrons. The summed E-state index contributed by atoms with van der Waals surface area (Å²) in [4.78, 5) is 6.48. The van der Waals surface area contributed by atoms with E-state index in [1.807, 2.05) is 4.90 Å². The highest BCUT2D eigenvalue weighted by Gasteiger charge is 2.18. The highest BCUT2D eigenvalue weighted by atomic mass is 16.3. The number of aliphatic hydroxyl groups is 2. The van der Waals surface area contributed by atoms with Crippen LogP contribution in [0.2, 0.25) is 0 Å². The maximum atomic E-state index is 9.39. The Morgan fingerprint density at radius 2 is 0.912 bits per heavy atom. The van der Waals surface area contributed by atoms with Gasteiger partial charge in [-0.1, -0.05) is 36.4 Å². The van der Waals surface area contributed by atoms with Crippen LogP contribution in [-0.4, -0.2) is 63.7 Å². The van der Waals surface area contributed by atoms with E-state index in [-0.39, 0.29) is 19.1 Å². The molecule has 5 nitrogen and oxygen atoms in total. The third-order valence-electron chi connectivity index (χ3n) is 6.43. The lowest BCUT2D eigenvalue weighted by atomic mass is 9.85. The number of hydrogen-bond acceptors (Lipinski definition) is 5. The van der Waals surface area contributed by atoms with E-state index in [0.717, 1.165) is 18.8 Å². The Kier molecular flexibility index (Phi) is 9.37. The van der Waals surface area contributed by atoms with Gasteiger partial charge in [-0.05, 0) is 66.9 Å². The van der Waals surface area contributed by atoms with E-state index in [9.17, 15) is 10.2 Å². The van der Waals surface area contributed by atoms with Gasteiger partial charge in [0, 0.05) is 63.3 Å². The number of nitrogens with zero attached hydrogens (tertiary/aromatic N) is 3. The predicted octanol–water partition coefficient (Wildman–Crippen LogP) is 4.57. The standard InChI is InChI=1S/C29H39N3O2/c1-5-31(6-2)27-15-9-24(10-16-27)29(23-7-13-26(14-8-23)30(3)4)25-11-17-28(18-12-25)32(19-21-33)20-22-34/h7-18,29,33-34H,5-6,19-22H2,1-4H3. The Morgan fingerprint density at radius 1 is 0.559 bits per heavy atom. The van der Waals surface area contributed by atoms with E-state index in [1.54, 1.807) is 0 Å². The van der Waals surface area contributed by atoms with Gasteiger partial charge < -0.3 is 24.9 Å². The van der Waals surface area contributed by atoms with Crippen molar-refractivity contribution in [3.05, 3.63) is 89.5 Å². The van der Waals surface area contributed by atoms with Crippen LogP contribution in [0.3, 0.4) is 0 Å². The average Bonchev–Trinajstić information content (AvgIpc) is 2.86. The Bertz CT molecular complexity index is 975. The Hall–Kier alpha value is -3.02. The second-order valence-corrected chi connectivity index (χ2v) is 8.71. The number of benzene rings is 3. The zero-order valence-corrected chi connectivity index (χ0v) is 21.0. The minimum absolute atomic E-state index is 0.0570. The molecule has 0 saturated carbocycles. The molecule has 0 aliphatic carbocycles. The van der Waals surface area contributed by atoms with Gasteiger partial charge in [-0.15, -0.1) is 0 Å². The molecule has 0 spiro atoms. The number of hydrogen-bond donors (Lipinski definition) is 2. The van der Waals surface area contributed by atoms with E-state index in [0.29, 0.717) is 13.1 Å². The highest BCUT2D eigenvalue weighted by Crippen LogP contribution is 2.34. The van der Waals surface area contributed by atoms with Gasteiger partial charge in [0.25, 0.3) is 0 Å². The number of aliphatic hydroxyl groups excluding tert-OH is 2. The molecular weight excluding hydrogens is 422 g/mol. The van der Waals surface area contributed by atoms with Crippen LogP contribution < -0.4 is 14.7 Å². The summed E-state index contributed by atoms with van der Waals surface area (Å²) in [6.45, 7) is 7.47. The molecule has 34 heavy (non-hydrogen) atoms. The molecule has 0 aliphatic rings. The van der Waals surface area contributed by atoms with Crippen molar-refractivity contribution < 1.29 is 10.2 Å². The monoisotopic (exact) mass is 461 g/mol. The molecule has 0 aromatic heterocycles. The molecule has 0 amide bonds. The molecule has 3 aromatic rings. The quantitative estimate of drug-likeness (QED) is 0.387. The molecule has 0 bridgehead atoms. The normalized spacial score (nSPS) is 11.8. The van der Waals surface area contributed by atoms with Gasteiger partial charge in [0.05, 0.1) is 13.2 Å². The highest BCUT2D eigenvalue weighted by molar-refractivity contribution is 5.56. The zero-order chi connectivity index (χ0) is 24.5. The fourth-order valence-corrected chi connectivity index (χ4v) is 4.50. The van der Waals surface area contributed by atoms with Gasteiger partial charge in [0.2, 0.25) is 0 Å². The van der Waals surface area contributed by atoms with Gasteiger partial charge >= 0.3 is 0 Å². The Morgan fingerprint density at radius 3 is 1.24 bits per heavy atom. The molecule has 1 unspecified atom stereocenters. The summed E-state index contributed by atoms with van der Waals surface area (Å²) in [6.07, 6.45) is 0. The smallest absolute Gasteiger partial charge is 0.0606 e. The largest absolute Gasteiger partial charge is 0.395 e. The van der Waals surface area contributed by atoms with Crippen LogP contribution in [0.4, 0.5) is 17.1 Å². The Labute approximate surface area is 204 Å². The second-order valence-electron chi connectivity index (χ2n) is 8.71. The van der Waals surface area contributed by atoms with Gasteiger partial charge in [0.15, 0.2) is 0 Å². The van der Waals surface area contributed by atoms with Crippen molar-refractivity contribution in [2.75, 3.05) is 68.2 Å². The van der Waals surface area contributed by atoms with Crippen LogP contribution in [-0.2, 0) is 0 Å². The van der Waals surface area contributed by atoms with Crippen molar-refractivity contribution >= 4 is 17.1 Å². The van der Waals surface area contributed by atoms with Crippen molar-refractivity contribution in [1.29, 1.82) is 0 Å². The van der Waals surface area contributed by atoms with Crippen molar-refractivity contribution in [3.63, 3.8) is 0 Å². The number of anilines is 3. The van der Waals surface area contributed by atoms with Crippen LogP contribution in [0.1, 0.15) is 36.5 Å². The van der Waals surface area contributed by atoms with E-state index < -0.39 is 0 Å². The van der Waals surface area contributed by atoms with E-state index >= 15 is 0 Å². The first-order valence-electron chi connectivity index (χ1n) is 12.2. The summed E-state index contributed by atoms with van der Waals surface area (Å²) < 4.78 is 0. The molecular formula is C29H39N3O2. The lowest BCUT2D eigenvalue weighted by Gasteiger charge is -2.25. The van der Waals surface area contributed by atoms with Crippen molar-refractivity contribution in [2.24, 2.45) is 0 Å². The van der Waals surface area contributed by atoms with Crippen LogP contribution >= 0.6 is 0 Å². The third-order valence-corrected chi connectivity index (χ3v) is 6.43. The summed E-state index contributed by atoms with van der Waals surface area (Å²) in [6, 6.07) is 26.2. The molecule has 0 aliphatic heterocycles. The first-order valence-corrected chi connectivity index (χ1v) is 12.2. The van der Waals surface area contributed by atoms with Crippen molar-refractivity contribution in [1.82, 2.24) is 0 Å². The third kappa shape index (κ3) is 6.10. The molecule has 3 aromatic carbocycles. The molecule has 0 heterocycles. The van der Waals surface area contributed by atoms with Gasteiger partial charge in [-0.2, -0.15) is 0 Å². The van der Waals surface area contributed by atoms with Gasteiger partial charge in [-0.3, -0.25) is 0 Å². The predicted molar refractivity (Wildman–Crippen MR) is 145 cm³/mol. The first-order chi connectivity index (χ1) is 16.5. The number of rotatable bonds is 12. The van der Waals surface area contributed by atoms with Crippen LogP contribution in [0, 0.1) is 0 Å². The summed E-state index contributed by atoms with van der Waals surface area (Å²) >= 11 is 0. The maximum Gasteiger partial charge on any atom is 0.0606 e. The van der Waals surface area contributed by atoms with Gasteiger partial charge in [0.1, 0.15) is 0 Å². The molecule has 0 fully saturated rings. The average molecular weight is 462 g/mol. The molecule has 3 rings (SSSR count). The molecule has 0 saturated heterocycles. The lowest BCUT2D eigenvalue weighted by Crippen LogP contribution is -2.29. The van der Waals surface area contributed by atoms with Crippen LogP contribution in [0.25, 0.3) is 0 Å².